The Bertz CT molecular complexity index is 474. The number of hydrogen-bond acceptors (Lipinski definition) is 3. The van der Waals surface area contributed by atoms with E-state index in [1.807, 2.05) is 0 Å². The van der Waals surface area contributed by atoms with Crippen molar-refractivity contribution in [1.82, 2.24) is 0 Å². The van der Waals surface area contributed by atoms with Gasteiger partial charge in [0.1, 0.15) is 10.1 Å². The molecule has 0 fully saturated rings. The Morgan fingerprint density at radius 3 is 2.80 bits per heavy atom. The second kappa shape index (κ2) is 4.39. The van der Waals surface area contributed by atoms with Crippen molar-refractivity contribution in [2.24, 2.45) is 0 Å². The first kappa shape index (κ1) is 10.7. The van der Waals surface area contributed by atoms with Gasteiger partial charge in [-0.3, -0.25) is 4.79 Å². The maximum atomic E-state index is 11.7. The molecule has 0 aliphatic heterocycles. The molecule has 78 valence electrons. The van der Waals surface area contributed by atoms with E-state index >= 15 is 0 Å². The Kier molecular flexibility index (Phi) is 3.14. The molecule has 0 saturated carbocycles. The summed E-state index contributed by atoms with van der Waals surface area (Å²) in [5.74, 6) is 0.538. The molecule has 0 atom stereocenters. The monoisotopic (exact) mass is 260 g/mol. The third kappa shape index (κ3) is 2.43. The van der Waals surface area contributed by atoms with Gasteiger partial charge in [-0.05, 0) is 18.2 Å². The number of carbonyl (C=O) groups is 1. The van der Waals surface area contributed by atoms with Crippen LogP contribution >= 0.6 is 34.5 Å². The van der Waals surface area contributed by atoms with Crippen molar-refractivity contribution in [3.63, 3.8) is 0 Å². The average molecular weight is 261 g/mol. The summed E-state index contributed by atoms with van der Waals surface area (Å²) >= 11 is 12.8. The Morgan fingerprint density at radius 1 is 1.47 bits per heavy atom. The number of halogens is 2. The van der Waals surface area contributed by atoms with Gasteiger partial charge in [0.05, 0.1) is 17.0 Å². The number of Topliss-reactive ketones (excluding diaryl/α,β-unsaturated/α-hetero) is 1. The molecule has 0 bridgehead atoms. The summed E-state index contributed by atoms with van der Waals surface area (Å²) in [5, 5.41) is 0. The molecule has 0 amide bonds. The fraction of sp³-hybridized carbons (Fsp3) is 0.100. The average Bonchev–Trinajstić information content (AvgIpc) is 2.75. The Labute approximate surface area is 100 Å². The highest BCUT2D eigenvalue weighted by Gasteiger charge is 2.15. The van der Waals surface area contributed by atoms with E-state index in [0.717, 1.165) is 0 Å². The van der Waals surface area contributed by atoms with Crippen LogP contribution in [0.5, 0.6) is 0 Å². The SMILES string of the molecule is O=C(Cc1ccco1)c1cc(Cl)sc1Cl. The zero-order chi connectivity index (χ0) is 10.8. The molecule has 2 aromatic rings. The quantitative estimate of drug-likeness (QED) is 0.779. The van der Waals surface area contributed by atoms with Crippen LogP contribution in [0.15, 0.2) is 28.9 Å². The van der Waals surface area contributed by atoms with Crippen molar-refractivity contribution in [1.29, 1.82) is 0 Å². The van der Waals surface area contributed by atoms with Gasteiger partial charge in [-0.25, -0.2) is 0 Å². The zero-order valence-electron chi connectivity index (χ0n) is 7.50. The van der Waals surface area contributed by atoms with E-state index in [1.54, 1.807) is 18.2 Å². The molecule has 15 heavy (non-hydrogen) atoms. The molecular weight excluding hydrogens is 255 g/mol. The maximum absolute atomic E-state index is 11.7. The lowest BCUT2D eigenvalue weighted by Crippen LogP contribution is -2.01. The van der Waals surface area contributed by atoms with Crippen LogP contribution < -0.4 is 0 Å². The fourth-order valence-electron chi connectivity index (χ4n) is 1.20. The van der Waals surface area contributed by atoms with E-state index in [0.29, 0.717) is 20.0 Å². The first-order valence-electron chi connectivity index (χ1n) is 4.17. The lowest BCUT2D eigenvalue weighted by Gasteiger charge is -1.95. The molecule has 2 nitrogen and oxygen atoms in total. The molecule has 0 radical (unpaired) electrons. The highest BCUT2D eigenvalue weighted by atomic mass is 35.5. The van der Waals surface area contributed by atoms with Gasteiger partial charge < -0.3 is 4.42 Å². The normalized spacial score (nSPS) is 10.5. The smallest absolute Gasteiger partial charge is 0.172 e. The van der Waals surface area contributed by atoms with Crippen molar-refractivity contribution in [2.75, 3.05) is 0 Å². The first-order valence-corrected chi connectivity index (χ1v) is 5.74. The van der Waals surface area contributed by atoms with Crippen molar-refractivity contribution in [3.05, 3.63) is 44.5 Å². The summed E-state index contributed by atoms with van der Waals surface area (Å²) in [4.78, 5) is 11.7. The van der Waals surface area contributed by atoms with Crippen LogP contribution in [-0.4, -0.2) is 5.78 Å². The summed E-state index contributed by atoms with van der Waals surface area (Å²) in [7, 11) is 0. The second-order valence-corrected chi connectivity index (χ2v) is 5.20. The van der Waals surface area contributed by atoms with E-state index in [1.165, 1.54) is 17.6 Å². The second-order valence-electron chi connectivity index (χ2n) is 2.92. The van der Waals surface area contributed by atoms with Gasteiger partial charge in [-0.15, -0.1) is 11.3 Å². The van der Waals surface area contributed by atoms with E-state index in [9.17, 15) is 4.79 Å². The van der Waals surface area contributed by atoms with Crippen LogP contribution in [0.3, 0.4) is 0 Å². The van der Waals surface area contributed by atoms with Gasteiger partial charge in [-0.2, -0.15) is 0 Å². The van der Waals surface area contributed by atoms with Crippen LogP contribution in [0.1, 0.15) is 16.1 Å². The van der Waals surface area contributed by atoms with Crippen LogP contribution in [0.2, 0.25) is 8.67 Å². The number of rotatable bonds is 3. The summed E-state index contributed by atoms with van der Waals surface area (Å²) in [6.07, 6.45) is 1.74. The lowest BCUT2D eigenvalue weighted by molar-refractivity contribution is 0.0987. The van der Waals surface area contributed by atoms with Crippen molar-refractivity contribution >= 4 is 40.3 Å². The van der Waals surface area contributed by atoms with Gasteiger partial charge in [0, 0.05) is 5.56 Å². The number of carbonyl (C=O) groups excluding carboxylic acids is 1. The molecule has 2 heterocycles. The topological polar surface area (TPSA) is 30.2 Å². The molecule has 5 heteroatoms. The summed E-state index contributed by atoms with van der Waals surface area (Å²) in [5.41, 5.74) is 0.461. The summed E-state index contributed by atoms with van der Waals surface area (Å²) in [6, 6.07) is 5.07. The predicted octanol–water partition coefficient (Wildman–Crippen LogP) is 4.07. The molecule has 0 aromatic carbocycles. The molecule has 0 unspecified atom stereocenters. The van der Waals surface area contributed by atoms with Crippen LogP contribution in [0, 0.1) is 0 Å². The van der Waals surface area contributed by atoms with Gasteiger partial charge in [-0.1, -0.05) is 23.2 Å². The number of furan rings is 1. The van der Waals surface area contributed by atoms with Crippen molar-refractivity contribution in [2.45, 2.75) is 6.42 Å². The lowest BCUT2D eigenvalue weighted by atomic mass is 10.1. The minimum Gasteiger partial charge on any atom is -0.469 e. The van der Waals surface area contributed by atoms with E-state index < -0.39 is 0 Å². The molecule has 0 N–H and O–H groups in total. The molecule has 0 aliphatic rings. The first-order chi connectivity index (χ1) is 7.16. The predicted molar refractivity (Wildman–Crippen MR) is 61.1 cm³/mol. The minimum atomic E-state index is -0.0851. The molecular formula is C10H6Cl2O2S. The van der Waals surface area contributed by atoms with Crippen molar-refractivity contribution < 1.29 is 9.21 Å². The highest BCUT2D eigenvalue weighted by molar-refractivity contribution is 7.20. The third-order valence-electron chi connectivity index (χ3n) is 1.87. The van der Waals surface area contributed by atoms with E-state index in [-0.39, 0.29) is 12.2 Å². The molecule has 0 saturated heterocycles. The van der Waals surface area contributed by atoms with Crippen LogP contribution in [0.4, 0.5) is 0 Å². The van der Waals surface area contributed by atoms with Crippen molar-refractivity contribution in [3.8, 4) is 0 Å². The molecule has 0 aliphatic carbocycles. The summed E-state index contributed by atoms with van der Waals surface area (Å²) < 4.78 is 6.02. The third-order valence-corrected chi connectivity index (χ3v) is 3.36. The summed E-state index contributed by atoms with van der Waals surface area (Å²) in [6.45, 7) is 0. The fourth-order valence-corrected chi connectivity index (χ4v) is 2.70. The Morgan fingerprint density at radius 2 is 2.27 bits per heavy atom. The van der Waals surface area contributed by atoms with Gasteiger partial charge >= 0.3 is 0 Å². The van der Waals surface area contributed by atoms with E-state index in [4.69, 9.17) is 27.6 Å². The van der Waals surface area contributed by atoms with Gasteiger partial charge in [0.2, 0.25) is 0 Å². The Hall–Kier alpha value is -0.770. The van der Waals surface area contributed by atoms with Gasteiger partial charge in [0.25, 0.3) is 0 Å². The van der Waals surface area contributed by atoms with E-state index in [2.05, 4.69) is 0 Å². The molecule has 2 rings (SSSR count). The number of ketones is 1. The molecule has 0 spiro atoms. The zero-order valence-corrected chi connectivity index (χ0v) is 9.83. The molecule has 2 aromatic heterocycles. The highest BCUT2D eigenvalue weighted by Crippen LogP contribution is 2.31. The number of thiophene rings is 1. The van der Waals surface area contributed by atoms with Crippen LogP contribution in [0.25, 0.3) is 0 Å². The number of hydrogen-bond donors (Lipinski definition) is 0. The largest absolute Gasteiger partial charge is 0.469 e. The maximum Gasteiger partial charge on any atom is 0.172 e. The van der Waals surface area contributed by atoms with Gasteiger partial charge in [0.15, 0.2) is 5.78 Å². The minimum absolute atomic E-state index is 0.0851. The standard InChI is InChI=1S/C10H6Cl2O2S/c11-9-5-7(10(12)15-9)8(13)4-6-2-1-3-14-6/h1-3,5H,4H2. The Balaban J connectivity index is 2.18. The van der Waals surface area contributed by atoms with Crippen LogP contribution in [-0.2, 0) is 6.42 Å².